The van der Waals surface area contributed by atoms with Crippen molar-refractivity contribution in [1.29, 1.82) is 0 Å². The van der Waals surface area contributed by atoms with Gasteiger partial charge in [0.25, 0.3) is 0 Å². The molecule has 1 heterocycles. The molecule has 2 aromatic carbocycles. The zero-order valence-electron chi connectivity index (χ0n) is 11.1. The van der Waals surface area contributed by atoms with Gasteiger partial charge in [0.05, 0.1) is 5.69 Å². The number of hydrogen-bond donors (Lipinski definition) is 0. The molecule has 20 heavy (non-hydrogen) atoms. The summed E-state index contributed by atoms with van der Waals surface area (Å²) in [7, 11) is 0. The first-order valence-corrected chi connectivity index (χ1v) is 6.60. The van der Waals surface area contributed by atoms with Crippen LogP contribution in [0.15, 0.2) is 79.0 Å². The van der Waals surface area contributed by atoms with E-state index >= 15 is 0 Å². The second-order valence-electron chi connectivity index (χ2n) is 4.47. The SMILES string of the molecule is c1ccc(OCc2ccccc2-c2ccccn2)cc1. The first kappa shape index (κ1) is 12.4. The monoisotopic (exact) mass is 261 g/mol. The molecule has 0 radical (unpaired) electrons. The Morgan fingerprint density at radius 3 is 2.30 bits per heavy atom. The summed E-state index contributed by atoms with van der Waals surface area (Å²) in [4.78, 5) is 4.41. The molecule has 0 saturated carbocycles. The zero-order chi connectivity index (χ0) is 13.6. The molecule has 3 rings (SSSR count). The molecule has 0 spiro atoms. The summed E-state index contributed by atoms with van der Waals surface area (Å²) in [6.45, 7) is 0.538. The van der Waals surface area contributed by atoms with E-state index in [4.69, 9.17) is 4.74 Å². The Morgan fingerprint density at radius 2 is 1.50 bits per heavy atom. The average Bonchev–Trinajstić information content (AvgIpc) is 2.55. The predicted octanol–water partition coefficient (Wildman–Crippen LogP) is 4.33. The third kappa shape index (κ3) is 2.86. The van der Waals surface area contributed by atoms with Crippen molar-refractivity contribution in [3.8, 4) is 17.0 Å². The van der Waals surface area contributed by atoms with E-state index in [0.717, 1.165) is 22.6 Å². The number of nitrogens with zero attached hydrogens (tertiary/aromatic N) is 1. The summed E-state index contributed by atoms with van der Waals surface area (Å²) in [5, 5.41) is 0. The van der Waals surface area contributed by atoms with Gasteiger partial charge in [-0.2, -0.15) is 0 Å². The summed E-state index contributed by atoms with van der Waals surface area (Å²) in [6, 6.07) is 24.0. The van der Waals surface area contributed by atoms with E-state index in [0.29, 0.717) is 6.61 Å². The Kier molecular flexibility index (Phi) is 3.74. The largest absolute Gasteiger partial charge is 0.489 e. The van der Waals surface area contributed by atoms with Crippen molar-refractivity contribution in [1.82, 2.24) is 4.98 Å². The highest BCUT2D eigenvalue weighted by atomic mass is 16.5. The van der Waals surface area contributed by atoms with Gasteiger partial charge in [0.1, 0.15) is 12.4 Å². The number of pyridine rings is 1. The van der Waals surface area contributed by atoms with E-state index in [9.17, 15) is 0 Å². The van der Waals surface area contributed by atoms with Crippen molar-refractivity contribution in [2.24, 2.45) is 0 Å². The maximum atomic E-state index is 5.83. The van der Waals surface area contributed by atoms with Crippen LogP contribution in [-0.2, 0) is 6.61 Å². The maximum absolute atomic E-state index is 5.83. The molecule has 0 fully saturated rings. The summed E-state index contributed by atoms with van der Waals surface area (Å²) in [5.74, 6) is 0.878. The number of para-hydroxylation sites is 1. The zero-order valence-corrected chi connectivity index (χ0v) is 11.1. The molecule has 2 heteroatoms. The van der Waals surface area contributed by atoms with E-state index in [1.807, 2.05) is 66.9 Å². The minimum atomic E-state index is 0.538. The molecule has 0 aliphatic heterocycles. The van der Waals surface area contributed by atoms with Gasteiger partial charge in [0.2, 0.25) is 0 Å². The van der Waals surface area contributed by atoms with Crippen LogP contribution in [0.2, 0.25) is 0 Å². The van der Waals surface area contributed by atoms with Crippen LogP contribution in [0.25, 0.3) is 11.3 Å². The van der Waals surface area contributed by atoms with Gasteiger partial charge in [-0.15, -0.1) is 0 Å². The van der Waals surface area contributed by atoms with E-state index in [2.05, 4.69) is 17.1 Å². The standard InChI is InChI=1S/C18H15NO/c1-2-9-16(10-3-1)20-14-15-8-4-5-11-17(15)18-12-6-7-13-19-18/h1-13H,14H2. The topological polar surface area (TPSA) is 22.1 Å². The van der Waals surface area contributed by atoms with Crippen molar-refractivity contribution in [3.63, 3.8) is 0 Å². The molecule has 0 bridgehead atoms. The summed E-state index contributed by atoms with van der Waals surface area (Å²) in [6.07, 6.45) is 1.81. The number of ether oxygens (including phenoxy) is 1. The van der Waals surface area contributed by atoms with Crippen molar-refractivity contribution in [3.05, 3.63) is 84.6 Å². The van der Waals surface area contributed by atoms with Crippen molar-refractivity contribution in [2.45, 2.75) is 6.61 Å². The minimum Gasteiger partial charge on any atom is -0.489 e. The van der Waals surface area contributed by atoms with Gasteiger partial charge in [-0.1, -0.05) is 48.5 Å². The molecule has 1 aromatic heterocycles. The highest BCUT2D eigenvalue weighted by Gasteiger charge is 2.05. The van der Waals surface area contributed by atoms with Gasteiger partial charge in [-0.25, -0.2) is 0 Å². The second-order valence-corrected chi connectivity index (χ2v) is 4.47. The fourth-order valence-electron chi connectivity index (χ4n) is 2.10. The second kappa shape index (κ2) is 6.02. The molecular weight excluding hydrogens is 246 g/mol. The maximum Gasteiger partial charge on any atom is 0.119 e. The van der Waals surface area contributed by atoms with Gasteiger partial charge in [0.15, 0.2) is 0 Å². The quantitative estimate of drug-likeness (QED) is 0.697. The van der Waals surface area contributed by atoms with Crippen molar-refractivity contribution < 1.29 is 4.74 Å². The van der Waals surface area contributed by atoms with E-state index < -0.39 is 0 Å². The van der Waals surface area contributed by atoms with Crippen LogP contribution < -0.4 is 4.74 Å². The Bertz CT molecular complexity index is 665. The van der Waals surface area contributed by atoms with Crippen LogP contribution in [0.3, 0.4) is 0 Å². The molecule has 0 unspecified atom stereocenters. The molecule has 0 N–H and O–H groups in total. The van der Waals surface area contributed by atoms with Crippen LogP contribution in [0, 0.1) is 0 Å². The minimum absolute atomic E-state index is 0.538. The Hall–Kier alpha value is -2.61. The van der Waals surface area contributed by atoms with Crippen molar-refractivity contribution in [2.75, 3.05) is 0 Å². The van der Waals surface area contributed by atoms with Crippen molar-refractivity contribution >= 4 is 0 Å². The molecule has 0 aliphatic carbocycles. The Morgan fingerprint density at radius 1 is 0.750 bits per heavy atom. The van der Waals surface area contributed by atoms with Gasteiger partial charge in [0, 0.05) is 11.8 Å². The van der Waals surface area contributed by atoms with Gasteiger partial charge >= 0.3 is 0 Å². The third-order valence-corrected chi connectivity index (χ3v) is 3.10. The van der Waals surface area contributed by atoms with Gasteiger partial charge in [-0.3, -0.25) is 4.98 Å². The smallest absolute Gasteiger partial charge is 0.119 e. The highest BCUT2D eigenvalue weighted by molar-refractivity contribution is 5.63. The summed E-state index contributed by atoms with van der Waals surface area (Å²) in [5.41, 5.74) is 3.22. The normalized spacial score (nSPS) is 10.2. The number of aromatic nitrogens is 1. The van der Waals surface area contributed by atoms with Gasteiger partial charge < -0.3 is 4.74 Å². The first-order chi connectivity index (χ1) is 9.93. The summed E-state index contributed by atoms with van der Waals surface area (Å²) < 4.78 is 5.83. The van der Waals surface area contributed by atoms with E-state index in [1.54, 1.807) is 0 Å². The van der Waals surface area contributed by atoms with E-state index in [1.165, 1.54) is 0 Å². The van der Waals surface area contributed by atoms with E-state index in [-0.39, 0.29) is 0 Å². The van der Waals surface area contributed by atoms with Crippen LogP contribution in [0.1, 0.15) is 5.56 Å². The van der Waals surface area contributed by atoms with Crippen LogP contribution in [-0.4, -0.2) is 4.98 Å². The fraction of sp³-hybridized carbons (Fsp3) is 0.0556. The molecular formula is C18H15NO. The number of benzene rings is 2. The third-order valence-electron chi connectivity index (χ3n) is 3.10. The lowest BCUT2D eigenvalue weighted by Gasteiger charge is -2.10. The highest BCUT2D eigenvalue weighted by Crippen LogP contribution is 2.22. The number of rotatable bonds is 4. The Labute approximate surface area is 118 Å². The molecule has 0 aliphatic rings. The molecule has 3 aromatic rings. The lowest BCUT2D eigenvalue weighted by molar-refractivity contribution is 0.306. The molecule has 0 saturated heterocycles. The molecule has 0 atom stereocenters. The predicted molar refractivity (Wildman–Crippen MR) is 80.4 cm³/mol. The lowest BCUT2D eigenvalue weighted by Crippen LogP contribution is -1.98. The van der Waals surface area contributed by atoms with Crippen LogP contribution >= 0.6 is 0 Å². The summed E-state index contributed by atoms with van der Waals surface area (Å²) >= 11 is 0. The Balaban J connectivity index is 1.84. The number of hydrogen-bond acceptors (Lipinski definition) is 2. The van der Waals surface area contributed by atoms with Crippen LogP contribution in [0.4, 0.5) is 0 Å². The van der Waals surface area contributed by atoms with Crippen LogP contribution in [0.5, 0.6) is 5.75 Å². The molecule has 2 nitrogen and oxygen atoms in total. The molecule has 98 valence electrons. The first-order valence-electron chi connectivity index (χ1n) is 6.60. The van der Waals surface area contributed by atoms with Gasteiger partial charge in [-0.05, 0) is 29.8 Å². The average molecular weight is 261 g/mol. The fourth-order valence-corrected chi connectivity index (χ4v) is 2.10. The molecule has 0 amide bonds. The lowest BCUT2D eigenvalue weighted by atomic mass is 10.0.